The van der Waals surface area contributed by atoms with Crippen molar-refractivity contribution >= 4 is 29.9 Å². The van der Waals surface area contributed by atoms with Crippen LogP contribution in [0.2, 0.25) is 0 Å². The molecule has 0 bridgehead atoms. The van der Waals surface area contributed by atoms with Crippen molar-refractivity contribution in [2.75, 3.05) is 46.5 Å². The smallest absolute Gasteiger partial charge is 0.416 e. The Hall–Kier alpha value is -1.27. The van der Waals surface area contributed by atoms with Gasteiger partial charge in [-0.1, -0.05) is 6.07 Å². The van der Waals surface area contributed by atoms with Gasteiger partial charge in [-0.15, -0.1) is 24.0 Å². The van der Waals surface area contributed by atoms with Gasteiger partial charge in [0.15, 0.2) is 5.96 Å². The first kappa shape index (κ1) is 26.8. The molecular formula is C20H32F3IN4O2. The van der Waals surface area contributed by atoms with Crippen molar-refractivity contribution in [3.63, 3.8) is 0 Å². The summed E-state index contributed by atoms with van der Waals surface area (Å²) >= 11 is 0. The van der Waals surface area contributed by atoms with Crippen LogP contribution in [0.5, 0.6) is 5.75 Å². The predicted molar refractivity (Wildman–Crippen MR) is 123 cm³/mol. The molecule has 0 spiro atoms. The van der Waals surface area contributed by atoms with Gasteiger partial charge in [-0.2, -0.15) is 13.2 Å². The number of nitrogens with one attached hydrogen (secondary N) is 2. The van der Waals surface area contributed by atoms with E-state index >= 15 is 0 Å². The highest BCUT2D eigenvalue weighted by Gasteiger charge is 2.34. The fourth-order valence-corrected chi connectivity index (χ4v) is 3.17. The second-order valence-corrected chi connectivity index (χ2v) is 7.48. The summed E-state index contributed by atoms with van der Waals surface area (Å²) in [4.78, 5) is 6.70. The van der Waals surface area contributed by atoms with E-state index in [9.17, 15) is 13.2 Å². The van der Waals surface area contributed by atoms with E-state index < -0.39 is 11.7 Å². The number of benzene rings is 1. The molecule has 0 unspecified atom stereocenters. The van der Waals surface area contributed by atoms with Crippen molar-refractivity contribution in [2.45, 2.75) is 39.0 Å². The zero-order valence-corrected chi connectivity index (χ0v) is 20.3. The SMILES string of the molecule is CCNC(=NCc1ccc(OC)cc1C(F)(F)F)NCC(C)(C)N1CCOCC1.I. The number of methoxy groups -OCH3 is 1. The molecule has 1 fully saturated rings. The normalized spacial score (nSPS) is 16.0. The second-order valence-electron chi connectivity index (χ2n) is 7.48. The summed E-state index contributed by atoms with van der Waals surface area (Å²) in [5.74, 6) is 0.653. The average molecular weight is 544 g/mol. The van der Waals surface area contributed by atoms with Gasteiger partial charge in [0.25, 0.3) is 0 Å². The molecule has 0 aliphatic carbocycles. The van der Waals surface area contributed by atoms with Crippen molar-refractivity contribution in [3.8, 4) is 5.75 Å². The molecule has 30 heavy (non-hydrogen) atoms. The molecule has 10 heteroatoms. The summed E-state index contributed by atoms with van der Waals surface area (Å²) in [5.41, 5.74) is -0.773. The van der Waals surface area contributed by atoms with E-state index in [1.165, 1.54) is 19.2 Å². The van der Waals surface area contributed by atoms with Gasteiger partial charge < -0.3 is 20.1 Å². The minimum atomic E-state index is -4.47. The van der Waals surface area contributed by atoms with Crippen LogP contribution in [0.4, 0.5) is 13.2 Å². The van der Waals surface area contributed by atoms with Crippen LogP contribution in [-0.4, -0.2) is 62.9 Å². The Morgan fingerprint density at radius 1 is 1.20 bits per heavy atom. The zero-order chi connectivity index (χ0) is 21.5. The molecule has 1 aromatic carbocycles. The predicted octanol–water partition coefficient (Wildman–Crippen LogP) is 3.50. The van der Waals surface area contributed by atoms with Crippen molar-refractivity contribution in [2.24, 2.45) is 4.99 Å². The number of hydrogen-bond donors (Lipinski definition) is 2. The first-order valence-corrected chi connectivity index (χ1v) is 9.76. The van der Waals surface area contributed by atoms with Crippen molar-refractivity contribution in [1.29, 1.82) is 0 Å². The lowest BCUT2D eigenvalue weighted by molar-refractivity contribution is -0.138. The topological polar surface area (TPSA) is 58.1 Å². The molecule has 1 saturated heterocycles. The highest BCUT2D eigenvalue weighted by molar-refractivity contribution is 14.0. The van der Waals surface area contributed by atoms with E-state index in [-0.39, 0.29) is 47.4 Å². The molecule has 0 radical (unpaired) electrons. The van der Waals surface area contributed by atoms with Gasteiger partial charge in [0.05, 0.1) is 32.4 Å². The molecule has 1 aromatic rings. The number of rotatable bonds is 7. The molecule has 0 saturated carbocycles. The Labute approximate surface area is 193 Å². The van der Waals surface area contributed by atoms with Crippen LogP contribution >= 0.6 is 24.0 Å². The minimum Gasteiger partial charge on any atom is -0.497 e. The molecule has 6 nitrogen and oxygen atoms in total. The summed E-state index contributed by atoms with van der Waals surface area (Å²) in [6.45, 7) is 10.4. The van der Waals surface area contributed by atoms with Gasteiger partial charge in [-0.25, -0.2) is 4.99 Å². The molecular weight excluding hydrogens is 512 g/mol. The number of alkyl halides is 3. The molecule has 0 aromatic heterocycles. The van der Waals surface area contributed by atoms with Crippen LogP contribution in [0, 0.1) is 0 Å². The first-order valence-electron chi connectivity index (χ1n) is 9.76. The lowest BCUT2D eigenvalue weighted by atomic mass is 10.0. The molecule has 1 aliphatic rings. The fourth-order valence-electron chi connectivity index (χ4n) is 3.17. The largest absolute Gasteiger partial charge is 0.497 e. The van der Waals surface area contributed by atoms with Gasteiger partial charge in [0.2, 0.25) is 0 Å². The molecule has 0 atom stereocenters. The average Bonchev–Trinajstić information content (AvgIpc) is 2.70. The Morgan fingerprint density at radius 2 is 1.87 bits per heavy atom. The molecule has 2 rings (SSSR count). The summed E-state index contributed by atoms with van der Waals surface area (Å²) in [7, 11) is 1.34. The molecule has 2 N–H and O–H groups in total. The number of halogens is 4. The van der Waals surface area contributed by atoms with E-state index in [1.807, 2.05) is 6.92 Å². The maximum absolute atomic E-state index is 13.4. The lowest BCUT2D eigenvalue weighted by Gasteiger charge is -2.41. The maximum Gasteiger partial charge on any atom is 0.416 e. The Kier molecular flexibility index (Phi) is 10.7. The van der Waals surface area contributed by atoms with Gasteiger partial charge in [0, 0.05) is 31.7 Å². The molecule has 1 heterocycles. The third-order valence-electron chi connectivity index (χ3n) is 4.93. The van der Waals surface area contributed by atoms with E-state index in [2.05, 4.69) is 34.4 Å². The minimum absolute atomic E-state index is 0. The van der Waals surface area contributed by atoms with Crippen molar-refractivity contribution in [1.82, 2.24) is 15.5 Å². The monoisotopic (exact) mass is 544 g/mol. The Balaban J connectivity index is 0.00000450. The van der Waals surface area contributed by atoms with Crippen molar-refractivity contribution < 1.29 is 22.6 Å². The van der Waals surface area contributed by atoms with Crippen LogP contribution < -0.4 is 15.4 Å². The molecule has 172 valence electrons. The van der Waals surface area contributed by atoms with Crippen LogP contribution in [0.1, 0.15) is 31.9 Å². The van der Waals surface area contributed by atoms with E-state index in [0.29, 0.717) is 32.3 Å². The first-order chi connectivity index (χ1) is 13.7. The van der Waals surface area contributed by atoms with E-state index in [0.717, 1.165) is 19.2 Å². The number of aliphatic imine (C=N–C) groups is 1. The third-order valence-corrected chi connectivity index (χ3v) is 4.93. The Bertz CT molecular complexity index is 693. The van der Waals surface area contributed by atoms with Gasteiger partial charge in [-0.3, -0.25) is 4.90 Å². The van der Waals surface area contributed by atoms with Gasteiger partial charge in [0.1, 0.15) is 5.75 Å². The number of ether oxygens (including phenoxy) is 2. The number of guanidine groups is 1. The molecule has 0 amide bonds. The lowest BCUT2D eigenvalue weighted by Crippen LogP contribution is -2.56. The second kappa shape index (κ2) is 11.9. The summed E-state index contributed by atoms with van der Waals surface area (Å²) in [6.07, 6.45) is -4.47. The standard InChI is InChI=1S/C20H31F3N4O2.HI/c1-5-24-18(26-14-19(2,3)27-8-10-29-11-9-27)25-13-15-6-7-16(28-4)12-17(15)20(21,22)23;/h6-7,12H,5,8-11,13-14H2,1-4H3,(H2,24,25,26);1H. The zero-order valence-electron chi connectivity index (χ0n) is 17.9. The van der Waals surface area contributed by atoms with Gasteiger partial charge >= 0.3 is 6.18 Å². The van der Waals surface area contributed by atoms with Gasteiger partial charge in [-0.05, 0) is 38.5 Å². The fraction of sp³-hybridized carbons (Fsp3) is 0.650. The van der Waals surface area contributed by atoms with Crippen LogP contribution in [0.25, 0.3) is 0 Å². The highest BCUT2D eigenvalue weighted by atomic mass is 127. The maximum atomic E-state index is 13.4. The number of morpholine rings is 1. The van der Waals surface area contributed by atoms with Crippen LogP contribution in [0.15, 0.2) is 23.2 Å². The summed E-state index contributed by atoms with van der Waals surface area (Å²) in [6, 6.07) is 3.93. The van der Waals surface area contributed by atoms with E-state index in [1.54, 1.807) is 0 Å². The van der Waals surface area contributed by atoms with Crippen LogP contribution in [0.3, 0.4) is 0 Å². The third kappa shape index (κ3) is 7.77. The Morgan fingerprint density at radius 3 is 2.43 bits per heavy atom. The van der Waals surface area contributed by atoms with Crippen molar-refractivity contribution in [3.05, 3.63) is 29.3 Å². The van der Waals surface area contributed by atoms with Crippen LogP contribution in [-0.2, 0) is 17.5 Å². The number of hydrogen-bond acceptors (Lipinski definition) is 4. The number of nitrogens with zero attached hydrogens (tertiary/aromatic N) is 2. The highest BCUT2D eigenvalue weighted by Crippen LogP contribution is 2.34. The summed E-state index contributed by atoms with van der Waals surface area (Å²) < 4.78 is 50.5. The van der Waals surface area contributed by atoms with E-state index in [4.69, 9.17) is 9.47 Å². The summed E-state index contributed by atoms with van der Waals surface area (Å²) in [5, 5.41) is 6.36. The quantitative estimate of drug-likeness (QED) is 0.313. The molecule has 1 aliphatic heterocycles.